The molecule has 6 heterocycles. The molecule has 2 unspecified atom stereocenters. The van der Waals surface area contributed by atoms with Gasteiger partial charge in [0.25, 0.3) is 0 Å². The third-order valence-electron chi connectivity index (χ3n) is 23.4. The Kier molecular flexibility index (Phi) is 41.2. The van der Waals surface area contributed by atoms with Crippen LogP contribution in [0.4, 0.5) is 0 Å². The summed E-state index contributed by atoms with van der Waals surface area (Å²) in [4.78, 5) is 280. The van der Waals surface area contributed by atoms with Gasteiger partial charge in [-0.1, -0.05) is 82.3 Å². The van der Waals surface area contributed by atoms with Crippen molar-refractivity contribution in [2.24, 2.45) is 17.6 Å². The predicted octanol–water partition coefficient (Wildman–Crippen LogP) is -3.69. The predicted molar refractivity (Wildman–Crippen MR) is 502 cm³/mol. The van der Waals surface area contributed by atoms with Crippen LogP contribution in [0.2, 0.25) is 0 Å². The molecular formula is C89H122N20O25S3. The van der Waals surface area contributed by atoms with Crippen LogP contribution in [0.1, 0.15) is 101 Å². The highest BCUT2D eigenvalue weighted by Gasteiger charge is 2.43. The second-order valence-electron chi connectivity index (χ2n) is 34.9. The van der Waals surface area contributed by atoms with Gasteiger partial charge in [0.05, 0.1) is 45.2 Å². The molecule has 137 heavy (non-hydrogen) atoms. The first-order valence-corrected chi connectivity index (χ1v) is 48.3. The minimum absolute atomic E-state index is 0.00303. The van der Waals surface area contributed by atoms with E-state index >= 15 is 14.4 Å². The molecule has 0 aliphatic carbocycles. The standard InChI is InChI=1S/C89H122N20O25S3/c1-47(2)75-87(132)98-63(33-71(115)116)80(125)93-36-68(111)95-61(31-54-34-91-58-14-9-7-12-56(54)58)82(127)103-76(48(3)4)89(134)109-19-11-16-67(109)86(131)99-64(78(90)123)44-135-41-51-28-52-30-53(29-51)43-137-46-66(100-79(124)49(5)94-69(112)37-105-20-22-106(38-72(117)118)24-26-108(40-74(121)122)27-25-107(23-21-105)39-73(119)120)85(130)104-77(50(6)110)88(133)96-60(17-18-70(113)114)81(126)101-65(45-136-42-52)84(129)97-62(83(128)102-75)32-55-35-92-59-15-10-8-13-57(55)59/h7-10,12-15,28-30,34-35,47-50,60-67,75-77,91-92,110H,11,16-27,31-33,36-46H2,1-6H3,(H2,90,123)(H,93,125)(H,94,112)(H,95,111)(H,96,133)(H,97,129)(H,98,132)(H,99,131)(H,100,124)(H,101,126)(H,102,128)(H,103,127)(H,104,130)(H,113,114)(H,115,116)(H,117,118)(H,119,120)(H,121,122)/t49-,50+,60-,61-,62-,63?,64-,65-,66-,67-,75-,76-,77?/m0/s1. The maximum absolute atomic E-state index is 15.6. The zero-order valence-electron chi connectivity index (χ0n) is 76.7. The van der Waals surface area contributed by atoms with Gasteiger partial charge in [0, 0.05) is 147 Å². The highest BCUT2D eigenvalue weighted by atomic mass is 32.2. The quantitative estimate of drug-likeness (QED) is 0.0283. The molecule has 746 valence electrons. The smallest absolute Gasteiger partial charge is 0.317 e. The molecule has 45 nitrogen and oxygen atoms in total. The van der Waals surface area contributed by atoms with Crippen LogP contribution in [0.5, 0.6) is 0 Å². The van der Waals surface area contributed by atoms with Gasteiger partial charge in [-0.25, -0.2) is 0 Å². The molecule has 4 aliphatic rings. The third-order valence-corrected chi connectivity index (χ3v) is 26.7. The summed E-state index contributed by atoms with van der Waals surface area (Å²) in [5, 5.41) is 93.1. The normalized spacial score (nSPS) is 24.0. The van der Waals surface area contributed by atoms with E-state index in [9.17, 15) is 107 Å². The van der Waals surface area contributed by atoms with Crippen molar-refractivity contribution in [3.63, 3.8) is 0 Å². The Morgan fingerprint density at radius 1 is 0.467 bits per heavy atom. The molecule has 2 saturated heterocycles. The van der Waals surface area contributed by atoms with Gasteiger partial charge in [-0.3, -0.25) is 111 Å². The van der Waals surface area contributed by atoms with E-state index in [-0.39, 0.29) is 113 Å². The lowest BCUT2D eigenvalue weighted by atomic mass is 9.99. The molecule has 0 spiro atoms. The molecule has 3 aromatic carbocycles. The van der Waals surface area contributed by atoms with Crippen molar-refractivity contribution in [1.82, 2.24) is 98.3 Å². The van der Waals surface area contributed by atoms with Crippen molar-refractivity contribution < 1.29 is 122 Å². The van der Waals surface area contributed by atoms with E-state index in [2.05, 4.69) is 73.8 Å². The van der Waals surface area contributed by atoms with Gasteiger partial charge in [-0.15, -0.1) is 0 Å². The molecule has 0 radical (unpaired) electrons. The summed E-state index contributed by atoms with van der Waals surface area (Å²) >= 11 is 3.29. The van der Waals surface area contributed by atoms with Gasteiger partial charge in [-0.05, 0) is 84.9 Å². The Hall–Kier alpha value is -12.5. The molecule has 14 amide bonds. The minimum atomic E-state index is -2.01. The van der Waals surface area contributed by atoms with E-state index in [1.54, 1.807) is 113 Å². The van der Waals surface area contributed by atoms with Crippen LogP contribution in [0.25, 0.3) is 21.8 Å². The van der Waals surface area contributed by atoms with Crippen LogP contribution in [-0.4, -0.2) is 365 Å². The average molecular weight is 1970 g/mol. The number of carbonyl (C=O) groups is 19. The van der Waals surface area contributed by atoms with Crippen LogP contribution in [-0.2, 0) is 121 Å². The fourth-order valence-corrected chi connectivity index (χ4v) is 19.1. The van der Waals surface area contributed by atoms with E-state index in [1.165, 1.54) is 25.7 Å². The van der Waals surface area contributed by atoms with Crippen molar-refractivity contribution in [2.45, 2.75) is 182 Å². The van der Waals surface area contributed by atoms with Crippen molar-refractivity contribution in [3.05, 3.63) is 107 Å². The van der Waals surface area contributed by atoms with Crippen molar-refractivity contribution >= 4 is 170 Å². The number of benzene rings is 3. The van der Waals surface area contributed by atoms with Crippen LogP contribution < -0.4 is 69.5 Å². The monoisotopic (exact) mass is 1970 g/mol. The lowest BCUT2D eigenvalue weighted by Crippen LogP contribution is -2.62. The maximum atomic E-state index is 15.6. The highest BCUT2D eigenvalue weighted by Crippen LogP contribution is 2.28. The van der Waals surface area contributed by atoms with E-state index in [1.807, 2.05) is 0 Å². The number of para-hydroxylation sites is 2. The molecule has 5 aromatic rings. The second kappa shape index (κ2) is 52.2. The van der Waals surface area contributed by atoms with Gasteiger partial charge in [0.2, 0.25) is 82.7 Å². The number of primary amides is 1. The number of fused-ring (bicyclic) bond motifs is 8. The Labute approximate surface area is 801 Å². The van der Waals surface area contributed by atoms with Gasteiger partial charge in [0.1, 0.15) is 72.5 Å². The number of hydrogen-bond acceptors (Lipinski definition) is 27. The number of carboxylic acid groups (broad SMARTS) is 5. The van der Waals surface area contributed by atoms with Crippen molar-refractivity contribution in [3.8, 4) is 0 Å². The molecule has 22 N–H and O–H groups in total. The number of H-pyrrole nitrogens is 2. The third kappa shape index (κ3) is 33.4. The number of carboxylic acids is 5. The SMILES string of the molecule is CC(C)[C@@H]1NC(=O)[C@H](Cc2c[nH]c3ccccc23)NC(=O)[C@@H]2CSCc3cc(cc(c3)CSC[C@H](NC(=O)[C@H](C)NC(=O)CN3CCN(CC(=O)O)CCN(CC(=O)O)CCN(CC(=O)O)CC3)C(=O)NC([C@@H](C)O)C(=O)N[C@@H](CCC(=O)O)C(=O)N2)CSC[C@@H](C(N)=O)NC(=O)[C@@H]2CCCN2C(=O)[C@H](C(C)C)NC(=O)[C@H](Cc2c[nH]c3ccccc23)NC(=O)CNC(=O)C(CC(=O)O)NC1=O. The molecule has 2 aromatic heterocycles. The fraction of sp³-hybridized carbons (Fsp3) is 0.539. The Bertz CT molecular complexity index is 5180. The Morgan fingerprint density at radius 2 is 0.927 bits per heavy atom. The lowest BCUT2D eigenvalue weighted by molar-refractivity contribution is -0.143. The summed E-state index contributed by atoms with van der Waals surface area (Å²) < 4.78 is 0. The number of nitrogens with two attached hydrogens (primary N) is 1. The minimum Gasteiger partial charge on any atom is -0.481 e. The number of aromatic nitrogens is 2. The molecule has 4 bridgehead atoms. The number of aliphatic hydroxyl groups is 1. The number of aliphatic hydroxyl groups excluding tert-OH is 1. The van der Waals surface area contributed by atoms with Crippen LogP contribution in [0, 0.1) is 11.8 Å². The van der Waals surface area contributed by atoms with Crippen LogP contribution >= 0.6 is 35.3 Å². The highest BCUT2D eigenvalue weighted by molar-refractivity contribution is 7.99. The molecule has 0 saturated carbocycles. The molecule has 48 heteroatoms. The Morgan fingerprint density at radius 3 is 1.42 bits per heavy atom. The van der Waals surface area contributed by atoms with E-state index in [0.29, 0.717) is 56.0 Å². The number of nitrogens with zero attached hydrogens (tertiary/aromatic N) is 5. The van der Waals surface area contributed by atoms with E-state index in [0.717, 1.165) is 42.2 Å². The number of carbonyl (C=O) groups excluding carboxylic acids is 14. The first kappa shape index (κ1) is 108. The summed E-state index contributed by atoms with van der Waals surface area (Å²) in [7, 11) is 0. The second-order valence-corrected chi connectivity index (χ2v) is 38.0. The van der Waals surface area contributed by atoms with E-state index < -0.39 is 255 Å². The number of nitrogens with one attached hydrogen (secondary N) is 14. The van der Waals surface area contributed by atoms with Gasteiger partial charge >= 0.3 is 29.8 Å². The number of hydrogen-bond donors (Lipinski definition) is 21. The van der Waals surface area contributed by atoms with Crippen LogP contribution in [0.15, 0.2) is 79.1 Å². The summed E-state index contributed by atoms with van der Waals surface area (Å²) in [6, 6.07) is -0.195. The largest absolute Gasteiger partial charge is 0.481 e. The summed E-state index contributed by atoms with van der Waals surface area (Å²) in [6.45, 7) is 6.58. The first-order chi connectivity index (χ1) is 65.1. The van der Waals surface area contributed by atoms with Gasteiger partial charge in [-0.2, -0.15) is 35.3 Å². The molecule has 9 rings (SSSR count). The molecule has 13 atom stereocenters. The lowest BCUT2D eigenvalue weighted by Gasteiger charge is -2.33. The van der Waals surface area contributed by atoms with E-state index in [4.69, 9.17) is 5.73 Å². The molecule has 4 aliphatic heterocycles. The Balaban J connectivity index is 1.07. The van der Waals surface area contributed by atoms with Gasteiger partial charge in [0.15, 0.2) is 0 Å². The zero-order chi connectivity index (χ0) is 100. The first-order valence-electron chi connectivity index (χ1n) is 44.9. The van der Waals surface area contributed by atoms with Crippen molar-refractivity contribution in [2.75, 3.05) is 109 Å². The molecule has 2 fully saturated rings. The fourth-order valence-electron chi connectivity index (χ4n) is 16.1. The summed E-state index contributed by atoms with van der Waals surface area (Å²) in [5.41, 5.74) is 9.94. The number of thioether (sulfide) groups is 3. The summed E-state index contributed by atoms with van der Waals surface area (Å²) in [5.74, 6) is -22.9. The number of rotatable bonds is 24. The van der Waals surface area contributed by atoms with Crippen molar-refractivity contribution in [1.29, 1.82) is 0 Å². The number of aliphatic carboxylic acids is 5. The zero-order valence-corrected chi connectivity index (χ0v) is 79.2. The average Bonchev–Trinajstić information content (AvgIpc) is 1.65. The summed E-state index contributed by atoms with van der Waals surface area (Å²) in [6.07, 6.45) is -1.39. The number of aromatic amines is 2. The molecular weight excluding hydrogens is 1850 g/mol. The van der Waals surface area contributed by atoms with Crippen LogP contribution in [0.3, 0.4) is 0 Å². The topological polar surface area (TPSA) is 664 Å². The van der Waals surface area contributed by atoms with Gasteiger partial charge < -0.3 is 115 Å². The maximum Gasteiger partial charge on any atom is 0.317 e. The number of amides is 14.